The molecule has 84 valence electrons. The Hall–Kier alpha value is -0.530. The van der Waals surface area contributed by atoms with Gasteiger partial charge < -0.3 is 5.32 Å². The van der Waals surface area contributed by atoms with Crippen molar-refractivity contribution in [1.29, 1.82) is 0 Å². The van der Waals surface area contributed by atoms with Crippen LogP contribution in [-0.4, -0.2) is 11.6 Å². The van der Waals surface area contributed by atoms with Crippen LogP contribution in [0.25, 0.3) is 0 Å². The van der Waals surface area contributed by atoms with Crippen LogP contribution in [0.2, 0.25) is 5.02 Å². The van der Waals surface area contributed by atoms with Gasteiger partial charge in [-0.05, 0) is 51.8 Å². The van der Waals surface area contributed by atoms with Crippen molar-refractivity contribution in [2.24, 2.45) is 0 Å². The van der Waals surface area contributed by atoms with Gasteiger partial charge in [-0.15, -0.1) is 0 Å². The molecule has 1 N–H and O–H groups in total. The van der Waals surface area contributed by atoms with Crippen LogP contribution < -0.4 is 5.32 Å². The highest BCUT2D eigenvalue weighted by atomic mass is 35.5. The lowest BCUT2D eigenvalue weighted by molar-refractivity contribution is 0.371. The summed E-state index contributed by atoms with van der Waals surface area (Å²) in [5.74, 6) is 0. The van der Waals surface area contributed by atoms with Crippen molar-refractivity contribution in [2.75, 3.05) is 0 Å². The minimum atomic E-state index is 0.165. The molecular formula is C13H20ClN. The Morgan fingerprint density at radius 3 is 2.53 bits per heavy atom. The normalized spacial score (nSPS) is 13.9. The molecule has 0 radical (unpaired) electrons. The highest BCUT2D eigenvalue weighted by molar-refractivity contribution is 6.30. The summed E-state index contributed by atoms with van der Waals surface area (Å²) in [5.41, 5.74) is 1.45. The van der Waals surface area contributed by atoms with Crippen LogP contribution >= 0.6 is 11.6 Å². The maximum absolute atomic E-state index is 5.94. The van der Waals surface area contributed by atoms with Gasteiger partial charge >= 0.3 is 0 Å². The largest absolute Gasteiger partial charge is 0.309 e. The molecule has 0 heterocycles. The highest BCUT2D eigenvalue weighted by Gasteiger charge is 2.13. The van der Waals surface area contributed by atoms with Gasteiger partial charge in [0.15, 0.2) is 0 Å². The Morgan fingerprint density at radius 2 is 2.00 bits per heavy atom. The molecule has 0 bridgehead atoms. The highest BCUT2D eigenvalue weighted by Crippen LogP contribution is 2.13. The molecule has 0 aliphatic carbocycles. The fourth-order valence-electron chi connectivity index (χ4n) is 1.81. The Kier molecular flexibility index (Phi) is 4.18. The van der Waals surface area contributed by atoms with E-state index in [2.05, 4.69) is 39.1 Å². The maximum Gasteiger partial charge on any atom is 0.0408 e. The Balaban J connectivity index is 2.55. The van der Waals surface area contributed by atoms with Crippen LogP contribution in [0, 0.1) is 0 Å². The van der Waals surface area contributed by atoms with E-state index in [9.17, 15) is 0 Å². The van der Waals surface area contributed by atoms with E-state index in [1.807, 2.05) is 18.2 Å². The molecule has 0 aromatic heterocycles. The molecule has 0 saturated heterocycles. The van der Waals surface area contributed by atoms with E-state index in [-0.39, 0.29) is 5.54 Å². The monoisotopic (exact) mass is 225 g/mol. The average molecular weight is 226 g/mol. The molecule has 0 saturated carbocycles. The molecule has 1 unspecified atom stereocenters. The van der Waals surface area contributed by atoms with Crippen molar-refractivity contribution in [3.8, 4) is 0 Å². The topological polar surface area (TPSA) is 12.0 Å². The second kappa shape index (κ2) is 5.00. The van der Waals surface area contributed by atoms with Crippen LogP contribution in [0.3, 0.4) is 0 Å². The first-order valence-corrected chi connectivity index (χ1v) is 5.77. The quantitative estimate of drug-likeness (QED) is 0.828. The van der Waals surface area contributed by atoms with E-state index in [4.69, 9.17) is 11.6 Å². The number of hydrogen-bond donors (Lipinski definition) is 1. The molecule has 0 spiro atoms. The van der Waals surface area contributed by atoms with Crippen LogP contribution in [0.15, 0.2) is 24.3 Å². The molecule has 1 aromatic carbocycles. The van der Waals surface area contributed by atoms with Gasteiger partial charge in [0.1, 0.15) is 0 Å². The lowest BCUT2D eigenvalue weighted by atomic mass is 10.0. The second-order valence-corrected chi connectivity index (χ2v) is 5.57. The molecule has 1 rings (SSSR count). The standard InChI is InChI=1S/C13H20ClN/c1-10(15-13(2,3)4)8-11-6-5-7-12(14)9-11/h5-7,9-10,15H,8H2,1-4H3. The molecule has 0 aliphatic rings. The Morgan fingerprint density at radius 1 is 1.33 bits per heavy atom. The summed E-state index contributed by atoms with van der Waals surface area (Å²) >= 11 is 5.94. The van der Waals surface area contributed by atoms with Gasteiger partial charge in [0.2, 0.25) is 0 Å². The minimum absolute atomic E-state index is 0.165. The molecule has 0 aliphatic heterocycles. The predicted octanol–water partition coefficient (Wildman–Crippen LogP) is 3.66. The molecule has 0 fully saturated rings. The zero-order valence-electron chi connectivity index (χ0n) is 9.97. The second-order valence-electron chi connectivity index (χ2n) is 5.13. The number of rotatable bonds is 3. The van der Waals surface area contributed by atoms with Gasteiger partial charge in [-0.3, -0.25) is 0 Å². The summed E-state index contributed by atoms with van der Waals surface area (Å²) in [6.07, 6.45) is 1.01. The third-order valence-corrected chi connectivity index (χ3v) is 2.35. The lowest BCUT2D eigenvalue weighted by Crippen LogP contribution is -2.43. The Bertz CT molecular complexity index is 315. The first-order valence-electron chi connectivity index (χ1n) is 5.39. The van der Waals surface area contributed by atoms with Crippen LogP contribution in [0.1, 0.15) is 33.3 Å². The summed E-state index contributed by atoms with van der Waals surface area (Å²) < 4.78 is 0. The number of nitrogens with one attached hydrogen (secondary N) is 1. The van der Waals surface area contributed by atoms with E-state index >= 15 is 0 Å². The molecule has 1 aromatic rings. The van der Waals surface area contributed by atoms with Gasteiger partial charge in [0.25, 0.3) is 0 Å². The fourth-order valence-corrected chi connectivity index (χ4v) is 2.02. The molecule has 15 heavy (non-hydrogen) atoms. The molecule has 0 amide bonds. The van der Waals surface area contributed by atoms with E-state index in [0.29, 0.717) is 6.04 Å². The SMILES string of the molecule is CC(Cc1cccc(Cl)c1)NC(C)(C)C. The van der Waals surface area contributed by atoms with Crippen molar-refractivity contribution in [2.45, 2.75) is 45.7 Å². The van der Waals surface area contributed by atoms with Crippen molar-refractivity contribution in [3.05, 3.63) is 34.9 Å². The minimum Gasteiger partial charge on any atom is -0.309 e. The Labute approximate surface area is 97.8 Å². The maximum atomic E-state index is 5.94. The number of benzene rings is 1. The van der Waals surface area contributed by atoms with Gasteiger partial charge in [-0.2, -0.15) is 0 Å². The summed E-state index contributed by atoms with van der Waals surface area (Å²) in [5, 5.41) is 4.36. The summed E-state index contributed by atoms with van der Waals surface area (Å²) in [7, 11) is 0. The smallest absolute Gasteiger partial charge is 0.0408 e. The van der Waals surface area contributed by atoms with Gasteiger partial charge in [0.05, 0.1) is 0 Å². The first-order chi connectivity index (χ1) is 6.87. The molecule has 2 heteroatoms. The van der Waals surface area contributed by atoms with Gasteiger partial charge in [-0.25, -0.2) is 0 Å². The third-order valence-electron chi connectivity index (χ3n) is 2.11. The number of halogens is 1. The fraction of sp³-hybridized carbons (Fsp3) is 0.538. The first kappa shape index (κ1) is 12.5. The van der Waals surface area contributed by atoms with Crippen LogP contribution in [-0.2, 0) is 6.42 Å². The van der Waals surface area contributed by atoms with E-state index in [1.54, 1.807) is 0 Å². The third kappa shape index (κ3) is 5.19. The average Bonchev–Trinajstić information content (AvgIpc) is 1.99. The van der Waals surface area contributed by atoms with E-state index in [0.717, 1.165) is 11.4 Å². The lowest BCUT2D eigenvalue weighted by Gasteiger charge is -2.26. The van der Waals surface area contributed by atoms with Crippen LogP contribution in [0.4, 0.5) is 0 Å². The van der Waals surface area contributed by atoms with E-state index < -0.39 is 0 Å². The predicted molar refractivity (Wildman–Crippen MR) is 67.5 cm³/mol. The van der Waals surface area contributed by atoms with Crippen molar-refractivity contribution in [3.63, 3.8) is 0 Å². The zero-order valence-corrected chi connectivity index (χ0v) is 10.7. The van der Waals surface area contributed by atoms with Gasteiger partial charge in [-0.1, -0.05) is 23.7 Å². The number of hydrogen-bond acceptors (Lipinski definition) is 1. The van der Waals surface area contributed by atoms with Crippen molar-refractivity contribution in [1.82, 2.24) is 5.32 Å². The molecule has 1 atom stereocenters. The van der Waals surface area contributed by atoms with Crippen LogP contribution in [0.5, 0.6) is 0 Å². The summed E-state index contributed by atoms with van der Waals surface area (Å²) in [6, 6.07) is 8.52. The summed E-state index contributed by atoms with van der Waals surface area (Å²) in [4.78, 5) is 0. The summed E-state index contributed by atoms with van der Waals surface area (Å²) in [6.45, 7) is 8.75. The van der Waals surface area contributed by atoms with E-state index in [1.165, 1.54) is 5.56 Å². The van der Waals surface area contributed by atoms with Crippen molar-refractivity contribution < 1.29 is 0 Å². The van der Waals surface area contributed by atoms with Gasteiger partial charge in [0, 0.05) is 16.6 Å². The molecule has 1 nitrogen and oxygen atoms in total. The van der Waals surface area contributed by atoms with Crippen molar-refractivity contribution >= 4 is 11.6 Å². The zero-order chi connectivity index (χ0) is 11.5. The molecular weight excluding hydrogens is 206 g/mol.